The highest BCUT2D eigenvalue weighted by Crippen LogP contribution is 2.44. The minimum atomic E-state index is -4.15. The summed E-state index contributed by atoms with van der Waals surface area (Å²) in [5, 5.41) is 11.9. The van der Waals surface area contributed by atoms with Crippen LogP contribution >= 0.6 is 0 Å². The Labute approximate surface area is 238 Å². The maximum Gasteiger partial charge on any atom is 0.407 e. The number of carboxylic acids is 1. The van der Waals surface area contributed by atoms with E-state index < -0.39 is 40.6 Å². The van der Waals surface area contributed by atoms with Gasteiger partial charge in [-0.25, -0.2) is 27.7 Å². The third kappa shape index (κ3) is 6.12. The summed E-state index contributed by atoms with van der Waals surface area (Å²) in [5.74, 6) is -1.58. The molecule has 11 nitrogen and oxygen atoms in total. The van der Waals surface area contributed by atoms with Crippen LogP contribution in [-0.2, 0) is 19.6 Å². The smallest absolute Gasteiger partial charge is 0.407 e. The number of nitrogens with zero attached hydrogens (tertiary/aromatic N) is 1. The van der Waals surface area contributed by atoms with Gasteiger partial charge in [0.15, 0.2) is 0 Å². The van der Waals surface area contributed by atoms with Gasteiger partial charge in [-0.05, 0) is 65.8 Å². The fourth-order valence-corrected chi connectivity index (χ4v) is 6.51. The summed E-state index contributed by atoms with van der Waals surface area (Å²) in [6.07, 6.45) is -0.950. The second-order valence-electron chi connectivity index (χ2n) is 9.67. The van der Waals surface area contributed by atoms with Crippen LogP contribution in [0.1, 0.15) is 33.7 Å². The van der Waals surface area contributed by atoms with Crippen LogP contribution in [0.2, 0.25) is 0 Å². The number of guanidine groups is 1. The van der Waals surface area contributed by atoms with Crippen LogP contribution in [0.5, 0.6) is 5.75 Å². The number of carboxylic acid groups (broad SMARTS) is 1. The molecule has 1 atom stereocenters. The maximum absolute atomic E-state index is 13.1. The number of hydrogen-bond acceptors (Lipinski definition) is 7. The molecule has 0 bridgehead atoms. The van der Waals surface area contributed by atoms with E-state index >= 15 is 0 Å². The second kappa shape index (κ2) is 11.9. The van der Waals surface area contributed by atoms with E-state index in [0.717, 1.165) is 22.3 Å². The van der Waals surface area contributed by atoms with E-state index in [9.17, 15) is 23.1 Å². The number of nitrogens with two attached hydrogens (primary N) is 1. The molecule has 0 heterocycles. The quantitative estimate of drug-likeness (QED) is 0.221. The van der Waals surface area contributed by atoms with Gasteiger partial charge >= 0.3 is 12.1 Å². The van der Waals surface area contributed by atoms with Gasteiger partial charge in [-0.15, -0.1) is 0 Å². The minimum Gasteiger partial charge on any atom is -0.496 e. The van der Waals surface area contributed by atoms with Crippen molar-refractivity contribution >= 4 is 28.0 Å². The Hall–Kier alpha value is -4.58. The van der Waals surface area contributed by atoms with Crippen molar-refractivity contribution in [2.75, 3.05) is 20.3 Å². The number of rotatable bonds is 9. The molecule has 1 aliphatic carbocycles. The first-order chi connectivity index (χ1) is 19.4. The van der Waals surface area contributed by atoms with Crippen LogP contribution < -0.4 is 20.5 Å². The van der Waals surface area contributed by atoms with E-state index in [1.165, 1.54) is 7.11 Å². The molecule has 0 aromatic heterocycles. The first-order valence-electron chi connectivity index (χ1n) is 12.8. The SMILES string of the molecule is COc1cc(C)c(S(=O)(=O)NC(N)=NCC(NC(=O)OCC2c3ccccc3-c3ccccc32)C(=O)O)c(C)c1C. The predicted octanol–water partition coefficient (Wildman–Crippen LogP) is 3.21. The first-order valence-corrected chi connectivity index (χ1v) is 14.2. The predicted molar refractivity (Wildman–Crippen MR) is 154 cm³/mol. The number of carbonyl (C=O) groups excluding carboxylic acids is 1. The molecule has 1 aliphatic rings. The Kier molecular flexibility index (Phi) is 8.52. The molecule has 0 spiro atoms. The molecule has 0 radical (unpaired) electrons. The van der Waals surface area contributed by atoms with E-state index in [4.69, 9.17) is 15.2 Å². The highest BCUT2D eigenvalue weighted by Gasteiger charge is 2.30. The molecule has 3 aromatic rings. The molecule has 216 valence electrons. The Morgan fingerprint density at radius 1 is 1.02 bits per heavy atom. The lowest BCUT2D eigenvalue weighted by Crippen LogP contribution is -2.45. The van der Waals surface area contributed by atoms with E-state index in [2.05, 4.69) is 15.0 Å². The van der Waals surface area contributed by atoms with E-state index in [0.29, 0.717) is 22.4 Å². The average Bonchev–Trinajstić information content (AvgIpc) is 3.24. The van der Waals surface area contributed by atoms with Crippen LogP contribution in [0.15, 0.2) is 64.5 Å². The number of aliphatic imine (C=N–C) groups is 1. The lowest BCUT2D eigenvalue weighted by molar-refractivity contribution is -0.139. The molecule has 0 saturated heterocycles. The standard InChI is InChI=1S/C29H32N4O7S/c1-16-13-25(39-4)17(2)18(3)26(16)41(37,38)33-28(30)31-14-24(27(34)35)32-29(36)40-15-23-21-11-7-5-9-19(21)20-10-6-8-12-22(20)23/h5-13,23-24H,14-15H2,1-4H3,(H,32,36)(H,34,35)(H3,30,31,33). The number of amides is 1. The van der Waals surface area contributed by atoms with Crippen LogP contribution in [0.25, 0.3) is 11.1 Å². The summed E-state index contributed by atoms with van der Waals surface area (Å²) < 4.78 is 39.0. The second-order valence-corrected chi connectivity index (χ2v) is 11.3. The van der Waals surface area contributed by atoms with Crippen molar-refractivity contribution in [1.82, 2.24) is 10.0 Å². The molecular formula is C29H32N4O7S. The number of sulfonamides is 1. The highest BCUT2D eigenvalue weighted by molar-refractivity contribution is 7.90. The molecule has 1 amide bonds. The molecule has 0 saturated carbocycles. The van der Waals surface area contributed by atoms with Crippen molar-refractivity contribution < 1.29 is 32.6 Å². The zero-order chi connectivity index (χ0) is 29.9. The van der Waals surface area contributed by atoms with Gasteiger partial charge in [0.1, 0.15) is 18.4 Å². The minimum absolute atomic E-state index is 0.00259. The number of alkyl carbamates (subject to hydrolysis) is 1. The third-order valence-corrected chi connectivity index (χ3v) is 8.73. The summed E-state index contributed by atoms with van der Waals surface area (Å²) in [6, 6.07) is 15.7. The number of methoxy groups -OCH3 is 1. The molecule has 1 unspecified atom stereocenters. The molecule has 0 fully saturated rings. The number of nitrogens with one attached hydrogen (secondary N) is 2. The fraction of sp³-hybridized carbons (Fsp3) is 0.276. The van der Waals surface area contributed by atoms with Crippen molar-refractivity contribution in [1.29, 1.82) is 0 Å². The summed E-state index contributed by atoms with van der Waals surface area (Å²) >= 11 is 0. The summed E-state index contributed by atoms with van der Waals surface area (Å²) in [5.41, 5.74) is 11.5. The number of aryl methyl sites for hydroxylation is 1. The van der Waals surface area contributed by atoms with Crippen LogP contribution in [0.4, 0.5) is 4.79 Å². The molecule has 0 aliphatic heterocycles. The van der Waals surface area contributed by atoms with Gasteiger partial charge in [0.2, 0.25) is 5.96 Å². The van der Waals surface area contributed by atoms with Gasteiger partial charge in [0.25, 0.3) is 10.0 Å². The van der Waals surface area contributed by atoms with Gasteiger partial charge < -0.3 is 25.6 Å². The Bertz CT molecular complexity index is 1590. The Morgan fingerprint density at radius 3 is 2.17 bits per heavy atom. The summed E-state index contributed by atoms with van der Waals surface area (Å²) in [6.45, 7) is 4.46. The number of hydrogen-bond donors (Lipinski definition) is 4. The van der Waals surface area contributed by atoms with Gasteiger partial charge in [-0.2, -0.15) is 0 Å². The molecule has 12 heteroatoms. The van der Waals surface area contributed by atoms with Crippen molar-refractivity contribution in [2.45, 2.75) is 37.6 Å². The number of ether oxygens (including phenoxy) is 2. The van der Waals surface area contributed by atoms with Gasteiger partial charge in [-0.3, -0.25) is 0 Å². The molecular weight excluding hydrogens is 548 g/mol. The molecule has 5 N–H and O–H groups in total. The summed E-state index contributed by atoms with van der Waals surface area (Å²) in [7, 11) is -2.65. The number of carbonyl (C=O) groups is 2. The summed E-state index contributed by atoms with van der Waals surface area (Å²) in [4.78, 5) is 28.2. The largest absolute Gasteiger partial charge is 0.496 e. The molecule has 41 heavy (non-hydrogen) atoms. The maximum atomic E-state index is 13.1. The number of benzene rings is 3. The Morgan fingerprint density at radius 2 is 1.61 bits per heavy atom. The van der Waals surface area contributed by atoms with Crippen LogP contribution in [-0.4, -0.2) is 57.8 Å². The topological polar surface area (TPSA) is 169 Å². The Balaban J connectivity index is 1.41. The normalized spacial score (nSPS) is 13.6. The zero-order valence-corrected chi connectivity index (χ0v) is 23.9. The number of fused-ring (bicyclic) bond motifs is 3. The van der Waals surface area contributed by atoms with E-state index in [1.54, 1.807) is 26.8 Å². The average molecular weight is 581 g/mol. The molecule has 3 aromatic carbocycles. The lowest BCUT2D eigenvalue weighted by Gasteiger charge is -2.18. The lowest BCUT2D eigenvalue weighted by atomic mass is 9.98. The van der Waals surface area contributed by atoms with E-state index in [1.807, 2.05) is 48.5 Å². The fourth-order valence-electron chi connectivity index (χ4n) is 5.03. The van der Waals surface area contributed by atoms with Crippen molar-refractivity contribution in [3.63, 3.8) is 0 Å². The zero-order valence-electron chi connectivity index (χ0n) is 23.1. The van der Waals surface area contributed by atoms with Crippen molar-refractivity contribution in [3.8, 4) is 16.9 Å². The highest BCUT2D eigenvalue weighted by atomic mass is 32.2. The van der Waals surface area contributed by atoms with Gasteiger partial charge in [0, 0.05) is 5.92 Å². The van der Waals surface area contributed by atoms with Crippen LogP contribution in [0, 0.1) is 20.8 Å². The van der Waals surface area contributed by atoms with Gasteiger partial charge in [0.05, 0.1) is 18.6 Å². The third-order valence-electron chi connectivity index (χ3n) is 7.08. The first kappa shape index (κ1) is 29.4. The van der Waals surface area contributed by atoms with Gasteiger partial charge in [-0.1, -0.05) is 48.5 Å². The van der Waals surface area contributed by atoms with E-state index in [-0.39, 0.29) is 17.4 Å². The van der Waals surface area contributed by atoms with Crippen LogP contribution in [0.3, 0.4) is 0 Å². The van der Waals surface area contributed by atoms with Crippen molar-refractivity contribution in [3.05, 3.63) is 82.4 Å². The van der Waals surface area contributed by atoms with Crippen molar-refractivity contribution in [2.24, 2.45) is 10.7 Å². The molecule has 4 rings (SSSR count). The number of aliphatic carboxylic acids is 1. The monoisotopic (exact) mass is 580 g/mol.